The van der Waals surface area contributed by atoms with Gasteiger partial charge < -0.3 is 20.4 Å². The molecule has 3 N–H and O–H groups in total. The van der Waals surface area contributed by atoms with Gasteiger partial charge in [-0.1, -0.05) is 39.0 Å². The number of carbonyl (C=O) groups excluding carboxylic acids is 1. The second kappa shape index (κ2) is 7.61. The zero-order chi connectivity index (χ0) is 16.9. The van der Waals surface area contributed by atoms with Gasteiger partial charge in [-0.05, 0) is 24.0 Å². The molecule has 0 aliphatic rings. The summed E-state index contributed by atoms with van der Waals surface area (Å²) in [7, 11) is 1.66. The molecule has 5 heteroatoms. The van der Waals surface area contributed by atoms with Crippen LogP contribution in [-0.2, 0) is 0 Å². The zero-order valence-corrected chi connectivity index (χ0v) is 14.2. The zero-order valence-electron chi connectivity index (χ0n) is 14.2. The van der Waals surface area contributed by atoms with Gasteiger partial charge in [0, 0.05) is 24.7 Å². The predicted octanol–water partition coefficient (Wildman–Crippen LogP) is 2.57. The van der Waals surface area contributed by atoms with E-state index < -0.39 is 5.41 Å². The van der Waals surface area contributed by atoms with Crippen LogP contribution < -0.4 is 5.32 Å². The van der Waals surface area contributed by atoms with Crippen molar-refractivity contribution in [2.45, 2.75) is 33.6 Å². The lowest BCUT2D eigenvalue weighted by atomic mass is 9.92. The first-order valence-corrected chi connectivity index (χ1v) is 7.57. The highest BCUT2D eigenvalue weighted by molar-refractivity contribution is 5.91. The summed E-state index contributed by atoms with van der Waals surface area (Å²) in [4.78, 5) is 13.9. The molecule has 0 unspecified atom stereocenters. The third-order valence-electron chi connectivity index (χ3n) is 3.89. The van der Waals surface area contributed by atoms with Crippen molar-refractivity contribution in [1.82, 2.24) is 4.90 Å². The summed E-state index contributed by atoms with van der Waals surface area (Å²) in [5.74, 6) is 0.306. The minimum Gasteiger partial charge on any atom is -0.396 e. The van der Waals surface area contributed by atoms with Gasteiger partial charge in [-0.3, -0.25) is 0 Å². The number of nitrogens with zero attached hydrogens (tertiary/aromatic N) is 1. The second-order valence-corrected chi connectivity index (χ2v) is 6.61. The molecule has 2 amide bonds. The molecule has 0 heterocycles. The van der Waals surface area contributed by atoms with Crippen molar-refractivity contribution in [3.63, 3.8) is 0 Å². The van der Waals surface area contributed by atoms with E-state index in [1.54, 1.807) is 14.0 Å². The van der Waals surface area contributed by atoms with Gasteiger partial charge in [-0.25, -0.2) is 4.79 Å². The van der Waals surface area contributed by atoms with Crippen LogP contribution in [0.5, 0.6) is 0 Å². The number of aliphatic hydroxyl groups excluding tert-OH is 2. The van der Waals surface area contributed by atoms with E-state index in [1.165, 1.54) is 4.90 Å². The molecule has 0 fully saturated rings. The number of hydrogen-bond acceptors (Lipinski definition) is 3. The lowest BCUT2D eigenvalue weighted by Gasteiger charge is -2.30. The highest BCUT2D eigenvalue weighted by Crippen LogP contribution is 2.27. The minimum atomic E-state index is -0.710. The van der Waals surface area contributed by atoms with Gasteiger partial charge >= 0.3 is 6.03 Å². The number of amides is 2. The van der Waals surface area contributed by atoms with E-state index in [0.29, 0.717) is 5.92 Å². The van der Waals surface area contributed by atoms with Crippen molar-refractivity contribution in [2.24, 2.45) is 5.41 Å². The largest absolute Gasteiger partial charge is 0.396 e. The van der Waals surface area contributed by atoms with Gasteiger partial charge in [0.15, 0.2) is 0 Å². The third kappa shape index (κ3) is 4.45. The van der Waals surface area contributed by atoms with Crippen LogP contribution in [-0.4, -0.2) is 48.0 Å². The summed E-state index contributed by atoms with van der Waals surface area (Å²) >= 11 is 0. The van der Waals surface area contributed by atoms with Crippen molar-refractivity contribution in [2.75, 3.05) is 32.1 Å². The van der Waals surface area contributed by atoms with Crippen LogP contribution in [0, 0.1) is 12.3 Å². The fraction of sp³-hybridized carbons (Fsp3) is 0.588. The van der Waals surface area contributed by atoms with Crippen molar-refractivity contribution in [3.8, 4) is 0 Å². The molecule has 0 saturated heterocycles. The highest BCUT2D eigenvalue weighted by atomic mass is 16.3. The summed E-state index contributed by atoms with van der Waals surface area (Å²) < 4.78 is 0. The van der Waals surface area contributed by atoms with Crippen molar-refractivity contribution < 1.29 is 15.0 Å². The predicted molar refractivity (Wildman–Crippen MR) is 89.2 cm³/mol. The van der Waals surface area contributed by atoms with Gasteiger partial charge in [-0.15, -0.1) is 0 Å². The second-order valence-electron chi connectivity index (χ2n) is 6.61. The molecule has 1 rings (SSSR count). The fourth-order valence-corrected chi connectivity index (χ4v) is 2.34. The Morgan fingerprint density at radius 2 is 1.91 bits per heavy atom. The first kappa shape index (κ1) is 18.5. The number of aryl methyl sites for hydroxylation is 1. The Kier molecular flexibility index (Phi) is 6.38. The van der Waals surface area contributed by atoms with E-state index in [0.717, 1.165) is 16.8 Å². The molecule has 0 aliphatic carbocycles. The van der Waals surface area contributed by atoms with Crippen LogP contribution in [0.3, 0.4) is 0 Å². The number of aliphatic hydroxyl groups is 2. The first-order valence-electron chi connectivity index (χ1n) is 7.57. The van der Waals surface area contributed by atoms with Crippen molar-refractivity contribution in [3.05, 3.63) is 29.3 Å². The maximum absolute atomic E-state index is 12.4. The average molecular weight is 308 g/mol. The molecule has 1 aromatic rings. The standard InChI is InChI=1S/C17H28N2O3/c1-12(2)14-8-6-7-13(3)15(14)18-16(22)19(5)9-17(4,10-20)11-21/h6-8,12,20-21H,9-11H2,1-5H3,(H,18,22). The molecule has 22 heavy (non-hydrogen) atoms. The molecule has 0 radical (unpaired) electrons. The lowest BCUT2D eigenvalue weighted by molar-refractivity contribution is 0.0509. The van der Waals surface area contributed by atoms with E-state index >= 15 is 0 Å². The number of para-hydroxylation sites is 1. The Labute approximate surface area is 133 Å². The summed E-state index contributed by atoms with van der Waals surface area (Å²) in [6.07, 6.45) is 0. The van der Waals surface area contributed by atoms with E-state index in [-0.39, 0.29) is 25.8 Å². The molecular weight excluding hydrogens is 280 g/mol. The molecule has 0 saturated carbocycles. The normalized spacial score (nSPS) is 11.6. The molecule has 0 aliphatic heterocycles. The third-order valence-corrected chi connectivity index (χ3v) is 3.89. The van der Waals surface area contributed by atoms with Gasteiger partial charge in [0.05, 0.1) is 13.2 Å². The number of carbonyl (C=O) groups is 1. The van der Waals surface area contributed by atoms with Crippen LogP contribution in [0.2, 0.25) is 0 Å². The number of rotatable bonds is 6. The molecule has 0 atom stereocenters. The Morgan fingerprint density at radius 3 is 2.41 bits per heavy atom. The van der Waals surface area contributed by atoms with Crippen LogP contribution >= 0.6 is 0 Å². The minimum absolute atomic E-state index is 0.178. The summed E-state index contributed by atoms with van der Waals surface area (Å²) in [6.45, 7) is 7.79. The quantitative estimate of drug-likeness (QED) is 0.756. The number of nitrogens with one attached hydrogen (secondary N) is 1. The Balaban J connectivity index is 2.89. The lowest BCUT2D eigenvalue weighted by Crippen LogP contribution is -2.43. The Bertz CT molecular complexity index is 511. The van der Waals surface area contributed by atoms with E-state index in [1.807, 2.05) is 25.1 Å². The summed E-state index contributed by atoms with van der Waals surface area (Å²) in [5, 5.41) is 21.7. The maximum atomic E-state index is 12.4. The maximum Gasteiger partial charge on any atom is 0.321 e. The van der Waals surface area contributed by atoms with Gasteiger partial charge in [0.1, 0.15) is 0 Å². The molecule has 124 valence electrons. The van der Waals surface area contributed by atoms with Crippen LogP contribution in [0.1, 0.15) is 37.8 Å². The topological polar surface area (TPSA) is 72.8 Å². The van der Waals surface area contributed by atoms with Crippen LogP contribution in [0.25, 0.3) is 0 Å². The fourth-order valence-electron chi connectivity index (χ4n) is 2.34. The smallest absolute Gasteiger partial charge is 0.321 e. The summed E-state index contributed by atoms with van der Waals surface area (Å²) in [5.41, 5.74) is 2.23. The molecule has 0 spiro atoms. The SMILES string of the molecule is Cc1cccc(C(C)C)c1NC(=O)N(C)CC(C)(CO)CO. The van der Waals surface area contributed by atoms with Crippen molar-refractivity contribution in [1.29, 1.82) is 0 Å². The molecule has 1 aromatic carbocycles. The molecule has 0 aromatic heterocycles. The number of urea groups is 1. The van der Waals surface area contributed by atoms with Crippen LogP contribution in [0.4, 0.5) is 10.5 Å². The number of benzene rings is 1. The van der Waals surface area contributed by atoms with Gasteiger partial charge in [0.25, 0.3) is 0 Å². The number of anilines is 1. The van der Waals surface area contributed by atoms with Crippen molar-refractivity contribution >= 4 is 11.7 Å². The summed E-state index contributed by atoms with van der Waals surface area (Å²) in [6, 6.07) is 5.72. The monoisotopic (exact) mass is 308 g/mol. The van der Waals surface area contributed by atoms with Gasteiger partial charge in [0.2, 0.25) is 0 Å². The molecule has 5 nitrogen and oxygen atoms in total. The molecule has 0 bridgehead atoms. The van der Waals surface area contributed by atoms with Crippen LogP contribution in [0.15, 0.2) is 18.2 Å². The average Bonchev–Trinajstić information content (AvgIpc) is 2.48. The Morgan fingerprint density at radius 1 is 1.32 bits per heavy atom. The van der Waals surface area contributed by atoms with E-state index in [4.69, 9.17) is 0 Å². The van der Waals surface area contributed by atoms with E-state index in [2.05, 4.69) is 19.2 Å². The highest BCUT2D eigenvalue weighted by Gasteiger charge is 2.27. The Hall–Kier alpha value is -1.59. The van der Waals surface area contributed by atoms with Gasteiger partial charge in [-0.2, -0.15) is 0 Å². The first-order chi connectivity index (χ1) is 10.2. The number of hydrogen-bond donors (Lipinski definition) is 3. The molecular formula is C17H28N2O3. The van der Waals surface area contributed by atoms with E-state index in [9.17, 15) is 15.0 Å².